The Morgan fingerprint density at radius 2 is 2.16 bits per heavy atom. The summed E-state index contributed by atoms with van der Waals surface area (Å²) < 4.78 is 6.34. The molecule has 0 aliphatic carbocycles. The Labute approximate surface area is 136 Å². The second-order valence-corrected chi connectivity index (χ2v) is 7.21. The summed E-state index contributed by atoms with van der Waals surface area (Å²) in [7, 11) is 0. The highest BCUT2D eigenvalue weighted by Crippen LogP contribution is 2.32. The maximum atomic E-state index is 12.4. The van der Waals surface area contributed by atoms with Crippen LogP contribution in [0.1, 0.15) is 24.2 Å². The molecule has 0 unspecified atom stereocenters. The molecule has 0 N–H and O–H groups in total. The third-order valence-electron chi connectivity index (χ3n) is 2.47. The lowest BCUT2D eigenvalue weighted by atomic mass is 10.2. The van der Waals surface area contributed by atoms with Crippen molar-refractivity contribution in [3.63, 3.8) is 0 Å². The van der Waals surface area contributed by atoms with Crippen LogP contribution in [0.3, 0.4) is 0 Å². The van der Waals surface area contributed by atoms with Crippen LogP contribution in [0.5, 0.6) is 0 Å². The van der Waals surface area contributed by atoms with Gasteiger partial charge in [-0.2, -0.15) is 0 Å². The van der Waals surface area contributed by atoms with Gasteiger partial charge in [-0.25, -0.2) is 0 Å². The molecule has 0 aliphatic rings. The van der Waals surface area contributed by atoms with E-state index < -0.39 is 0 Å². The third kappa shape index (κ3) is 5.23. The topological polar surface area (TPSA) is 29.5 Å². The van der Waals surface area contributed by atoms with Crippen molar-refractivity contribution in [2.45, 2.75) is 19.9 Å². The van der Waals surface area contributed by atoms with Crippen LogP contribution in [-0.2, 0) is 4.74 Å². The molecule has 7 heteroatoms. The van der Waals surface area contributed by atoms with Gasteiger partial charge >= 0.3 is 0 Å². The van der Waals surface area contributed by atoms with Crippen LogP contribution >= 0.6 is 50.5 Å². The van der Waals surface area contributed by atoms with E-state index in [1.54, 1.807) is 11.0 Å². The highest BCUT2D eigenvalue weighted by Gasteiger charge is 2.22. The van der Waals surface area contributed by atoms with Crippen LogP contribution in [0.25, 0.3) is 0 Å². The number of halogens is 3. The van der Waals surface area contributed by atoms with E-state index in [1.165, 1.54) is 11.3 Å². The molecule has 0 aliphatic heterocycles. The van der Waals surface area contributed by atoms with Gasteiger partial charge in [-0.3, -0.25) is 4.79 Å². The van der Waals surface area contributed by atoms with Crippen LogP contribution in [0.2, 0.25) is 8.67 Å². The molecule has 0 saturated carbocycles. The van der Waals surface area contributed by atoms with Crippen LogP contribution in [0.4, 0.5) is 0 Å². The monoisotopic (exact) mass is 387 g/mol. The maximum Gasteiger partial charge on any atom is 0.256 e. The van der Waals surface area contributed by atoms with Gasteiger partial charge < -0.3 is 9.64 Å². The van der Waals surface area contributed by atoms with Gasteiger partial charge in [-0.15, -0.1) is 11.3 Å². The fourth-order valence-electron chi connectivity index (χ4n) is 1.55. The molecule has 0 bridgehead atoms. The number of rotatable bonds is 7. The maximum absolute atomic E-state index is 12.4. The van der Waals surface area contributed by atoms with E-state index in [0.29, 0.717) is 34.0 Å². The molecule has 0 fully saturated rings. The Hall–Kier alpha value is 0.190. The lowest BCUT2D eigenvalue weighted by Crippen LogP contribution is -2.39. The number of thiophene rings is 1. The van der Waals surface area contributed by atoms with Gasteiger partial charge in [-0.05, 0) is 19.9 Å². The van der Waals surface area contributed by atoms with Gasteiger partial charge in [0.05, 0.1) is 23.1 Å². The van der Waals surface area contributed by atoms with Gasteiger partial charge in [0.15, 0.2) is 0 Å². The summed E-state index contributed by atoms with van der Waals surface area (Å²) in [6.45, 7) is 5.60. The molecule has 1 rings (SSSR count). The molecule has 0 radical (unpaired) electrons. The molecule has 3 nitrogen and oxygen atoms in total. The number of carbonyl (C=O) groups is 1. The molecular formula is C12H16BrCl2NO2S. The molecule has 108 valence electrons. The molecule has 0 spiro atoms. The van der Waals surface area contributed by atoms with Crippen molar-refractivity contribution >= 4 is 56.4 Å². The summed E-state index contributed by atoms with van der Waals surface area (Å²) in [5.74, 6) is -0.106. The average Bonchev–Trinajstić information content (AvgIpc) is 2.67. The van der Waals surface area contributed by atoms with Crippen molar-refractivity contribution in [3.8, 4) is 0 Å². The average molecular weight is 389 g/mol. The zero-order valence-electron chi connectivity index (χ0n) is 10.8. The highest BCUT2D eigenvalue weighted by atomic mass is 79.9. The fraction of sp³-hybridized carbons (Fsp3) is 0.583. The van der Waals surface area contributed by atoms with E-state index in [9.17, 15) is 4.79 Å². The molecule has 1 heterocycles. The minimum Gasteiger partial charge on any atom is -0.379 e. The van der Waals surface area contributed by atoms with Crippen molar-refractivity contribution in [3.05, 3.63) is 20.3 Å². The normalized spacial score (nSPS) is 11.1. The Kier molecular flexibility index (Phi) is 7.69. The standard InChI is InChI=1S/C12H16BrCl2NO2S/c1-8(2)16(4-6-18-5-3-13)12(17)9-7-10(14)19-11(9)15/h7-8H,3-6H2,1-2H3. The van der Waals surface area contributed by atoms with Gasteiger partial charge in [0.2, 0.25) is 0 Å². The minimum atomic E-state index is -0.106. The van der Waals surface area contributed by atoms with Gasteiger partial charge in [0.1, 0.15) is 4.34 Å². The molecule has 0 saturated heterocycles. The number of amides is 1. The number of hydrogen-bond donors (Lipinski definition) is 0. The van der Waals surface area contributed by atoms with Gasteiger partial charge in [0.25, 0.3) is 5.91 Å². The lowest BCUT2D eigenvalue weighted by molar-refractivity contribution is 0.0597. The van der Waals surface area contributed by atoms with E-state index in [-0.39, 0.29) is 11.9 Å². The zero-order chi connectivity index (χ0) is 14.4. The molecule has 1 aromatic heterocycles. The number of alkyl halides is 1. The van der Waals surface area contributed by atoms with Crippen molar-refractivity contribution in [1.82, 2.24) is 4.90 Å². The molecule has 19 heavy (non-hydrogen) atoms. The van der Waals surface area contributed by atoms with Gasteiger partial charge in [0, 0.05) is 17.9 Å². The second kappa shape index (κ2) is 8.47. The zero-order valence-corrected chi connectivity index (χ0v) is 14.7. The summed E-state index contributed by atoms with van der Waals surface area (Å²) in [5, 5.41) is 0.786. The first-order chi connectivity index (χ1) is 8.97. The molecule has 1 aromatic rings. The van der Waals surface area contributed by atoms with Crippen molar-refractivity contribution in [2.75, 3.05) is 25.1 Å². The summed E-state index contributed by atoms with van der Waals surface area (Å²) >= 11 is 16.4. The van der Waals surface area contributed by atoms with Gasteiger partial charge in [-0.1, -0.05) is 39.1 Å². The van der Waals surface area contributed by atoms with E-state index >= 15 is 0 Å². The predicted molar refractivity (Wildman–Crippen MR) is 85.1 cm³/mol. The Morgan fingerprint density at radius 1 is 1.47 bits per heavy atom. The second-order valence-electron chi connectivity index (χ2n) is 4.13. The Morgan fingerprint density at radius 3 is 2.63 bits per heavy atom. The SMILES string of the molecule is CC(C)N(CCOCCBr)C(=O)c1cc(Cl)sc1Cl. The van der Waals surface area contributed by atoms with Crippen LogP contribution in [0.15, 0.2) is 6.07 Å². The van der Waals surface area contributed by atoms with Crippen LogP contribution < -0.4 is 0 Å². The first kappa shape index (κ1) is 17.2. The molecule has 0 atom stereocenters. The minimum absolute atomic E-state index is 0.0785. The Bertz CT molecular complexity index is 426. The Balaban J connectivity index is 2.70. The van der Waals surface area contributed by atoms with E-state index in [0.717, 1.165) is 5.33 Å². The quantitative estimate of drug-likeness (QED) is 0.514. The largest absolute Gasteiger partial charge is 0.379 e. The van der Waals surface area contributed by atoms with Crippen molar-refractivity contribution in [2.24, 2.45) is 0 Å². The summed E-state index contributed by atoms with van der Waals surface area (Å²) in [4.78, 5) is 14.1. The lowest BCUT2D eigenvalue weighted by Gasteiger charge is -2.26. The fourth-order valence-corrected chi connectivity index (χ4v) is 3.23. The molecule has 1 amide bonds. The number of nitrogens with zero attached hydrogens (tertiary/aromatic N) is 1. The van der Waals surface area contributed by atoms with E-state index in [4.69, 9.17) is 27.9 Å². The molecule has 0 aromatic carbocycles. The number of hydrogen-bond acceptors (Lipinski definition) is 3. The first-order valence-electron chi connectivity index (χ1n) is 5.87. The van der Waals surface area contributed by atoms with Crippen LogP contribution in [-0.4, -0.2) is 41.9 Å². The summed E-state index contributed by atoms with van der Waals surface area (Å²) in [6.07, 6.45) is 0. The number of ether oxygens (including phenoxy) is 1. The number of carbonyl (C=O) groups excluding carboxylic acids is 1. The third-order valence-corrected chi connectivity index (χ3v) is 4.28. The smallest absolute Gasteiger partial charge is 0.256 e. The van der Waals surface area contributed by atoms with Crippen LogP contribution in [0, 0.1) is 0 Å². The summed E-state index contributed by atoms with van der Waals surface area (Å²) in [5.41, 5.74) is 0.464. The first-order valence-corrected chi connectivity index (χ1v) is 8.56. The van der Waals surface area contributed by atoms with Crippen molar-refractivity contribution in [1.29, 1.82) is 0 Å². The summed E-state index contributed by atoms with van der Waals surface area (Å²) in [6, 6.07) is 1.70. The predicted octanol–water partition coefficient (Wildman–Crippen LogP) is 4.32. The van der Waals surface area contributed by atoms with Crippen molar-refractivity contribution < 1.29 is 9.53 Å². The molecular weight excluding hydrogens is 373 g/mol. The van der Waals surface area contributed by atoms with E-state index in [2.05, 4.69) is 15.9 Å². The van der Waals surface area contributed by atoms with E-state index in [1.807, 2.05) is 13.8 Å². The highest BCUT2D eigenvalue weighted by molar-refractivity contribution is 9.09.